The number of carbonyl (C=O) groups is 1. The summed E-state index contributed by atoms with van der Waals surface area (Å²) >= 11 is 0. The lowest BCUT2D eigenvalue weighted by atomic mass is 9.85. The highest BCUT2D eigenvalue weighted by atomic mass is 16.1. The van der Waals surface area contributed by atoms with Crippen molar-refractivity contribution in [1.29, 1.82) is 0 Å². The van der Waals surface area contributed by atoms with E-state index >= 15 is 0 Å². The average Bonchev–Trinajstić information content (AvgIpc) is 3.01. The van der Waals surface area contributed by atoms with Crippen molar-refractivity contribution < 1.29 is 4.79 Å². The highest BCUT2D eigenvalue weighted by Gasteiger charge is 2.34. The number of Topliss-reactive ketones (excluding diaryl/α,β-unsaturated/α-hetero) is 1. The van der Waals surface area contributed by atoms with E-state index in [1.165, 1.54) is 22.3 Å². The zero-order valence-electron chi connectivity index (χ0n) is 16.5. The molecular formula is C26H26O. The van der Waals surface area contributed by atoms with Crippen molar-refractivity contribution in [3.05, 3.63) is 94.5 Å². The molecule has 0 amide bonds. The van der Waals surface area contributed by atoms with E-state index in [0.717, 1.165) is 16.7 Å². The van der Waals surface area contributed by atoms with Gasteiger partial charge < -0.3 is 0 Å². The van der Waals surface area contributed by atoms with Crippen LogP contribution in [0.25, 0.3) is 11.1 Å². The Balaban J connectivity index is 1.86. The summed E-state index contributed by atoms with van der Waals surface area (Å²) in [6, 6.07) is 23.1. The summed E-state index contributed by atoms with van der Waals surface area (Å²) in [7, 11) is 0. The van der Waals surface area contributed by atoms with E-state index in [2.05, 4.69) is 82.3 Å². The van der Waals surface area contributed by atoms with E-state index in [1.807, 2.05) is 12.1 Å². The first-order chi connectivity index (χ1) is 13.0. The minimum Gasteiger partial charge on any atom is -0.293 e. The zero-order chi connectivity index (χ0) is 19.1. The summed E-state index contributed by atoms with van der Waals surface area (Å²) < 4.78 is 0. The van der Waals surface area contributed by atoms with Gasteiger partial charge in [0.2, 0.25) is 0 Å². The lowest BCUT2D eigenvalue weighted by Gasteiger charge is -2.17. The predicted molar refractivity (Wildman–Crippen MR) is 113 cm³/mol. The van der Waals surface area contributed by atoms with Gasteiger partial charge in [0.05, 0.1) is 5.92 Å². The molecule has 4 rings (SSSR count). The number of benzene rings is 3. The maximum atomic E-state index is 13.7. The molecule has 0 fully saturated rings. The zero-order valence-corrected chi connectivity index (χ0v) is 16.5. The van der Waals surface area contributed by atoms with Crippen LogP contribution in [0.5, 0.6) is 0 Å². The van der Waals surface area contributed by atoms with Crippen LogP contribution >= 0.6 is 0 Å². The third-order valence-corrected chi connectivity index (χ3v) is 5.69. The van der Waals surface area contributed by atoms with Crippen molar-refractivity contribution in [2.45, 2.75) is 45.4 Å². The summed E-state index contributed by atoms with van der Waals surface area (Å²) in [5.41, 5.74) is 7.95. The van der Waals surface area contributed by atoms with Gasteiger partial charge in [-0.25, -0.2) is 0 Å². The molecule has 1 nitrogen and oxygen atoms in total. The Kier molecular flexibility index (Phi) is 4.47. The first-order valence-electron chi connectivity index (χ1n) is 9.84. The summed E-state index contributed by atoms with van der Waals surface area (Å²) in [6.45, 7) is 8.75. The first kappa shape index (κ1) is 17.7. The molecular weight excluding hydrogens is 328 g/mol. The van der Waals surface area contributed by atoms with Gasteiger partial charge >= 0.3 is 0 Å². The van der Waals surface area contributed by atoms with Crippen LogP contribution in [0.4, 0.5) is 0 Å². The van der Waals surface area contributed by atoms with Gasteiger partial charge in [0.25, 0.3) is 0 Å². The minimum absolute atomic E-state index is 0.205. The molecule has 0 atom stereocenters. The van der Waals surface area contributed by atoms with Crippen LogP contribution < -0.4 is 0 Å². The number of hydrogen-bond acceptors (Lipinski definition) is 1. The molecule has 0 unspecified atom stereocenters. The molecule has 0 radical (unpaired) electrons. The number of fused-ring (bicyclic) bond motifs is 3. The van der Waals surface area contributed by atoms with Crippen LogP contribution in [0.15, 0.2) is 66.7 Å². The molecule has 0 N–H and O–H groups in total. The molecule has 27 heavy (non-hydrogen) atoms. The van der Waals surface area contributed by atoms with Gasteiger partial charge in [-0.05, 0) is 57.3 Å². The maximum absolute atomic E-state index is 13.7. The minimum atomic E-state index is -0.208. The quantitative estimate of drug-likeness (QED) is 0.464. The lowest BCUT2D eigenvalue weighted by molar-refractivity contribution is 0.0975. The number of carbonyl (C=O) groups excluding carboxylic acids is 1. The van der Waals surface area contributed by atoms with Gasteiger partial charge in [-0.3, -0.25) is 4.79 Å². The second kappa shape index (κ2) is 6.81. The van der Waals surface area contributed by atoms with Crippen LogP contribution in [0, 0.1) is 0 Å². The fourth-order valence-corrected chi connectivity index (χ4v) is 4.09. The van der Waals surface area contributed by atoms with Crippen molar-refractivity contribution in [1.82, 2.24) is 0 Å². The summed E-state index contributed by atoms with van der Waals surface area (Å²) in [5, 5.41) is 0. The van der Waals surface area contributed by atoms with Gasteiger partial charge in [0, 0.05) is 5.56 Å². The van der Waals surface area contributed by atoms with Gasteiger partial charge in [-0.15, -0.1) is 0 Å². The highest BCUT2D eigenvalue weighted by Crippen LogP contribution is 2.46. The van der Waals surface area contributed by atoms with E-state index in [0.29, 0.717) is 11.8 Å². The Morgan fingerprint density at radius 2 is 1.15 bits per heavy atom. The van der Waals surface area contributed by atoms with Crippen molar-refractivity contribution in [3.63, 3.8) is 0 Å². The summed E-state index contributed by atoms with van der Waals surface area (Å²) in [6.07, 6.45) is 0. The van der Waals surface area contributed by atoms with E-state index in [1.54, 1.807) is 0 Å². The molecule has 0 aromatic heterocycles. The van der Waals surface area contributed by atoms with Crippen LogP contribution in [0.1, 0.15) is 78.1 Å². The topological polar surface area (TPSA) is 17.1 Å². The number of hydrogen-bond donors (Lipinski definition) is 0. The van der Waals surface area contributed by atoms with Gasteiger partial charge in [-0.1, -0.05) is 82.3 Å². The third-order valence-electron chi connectivity index (χ3n) is 5.69. The van der Waals surface area contributed by atoms with Crippen LogP contribution in [0.3, 0.4) is 0 Å². The second-order valence-electron chi connectivity index (χ2n) is 8.17. The first-order valence-corrected chi connectivity index (χ1v) is 9.84. The van der Waals surface area contributed by atoms with Crippen LogP contribution in [-0.4, -0.2) is 5.78 Å². The fourth-order valence-electron chi connectivity index (χ4n) is 4.09. The second-order valence-corrected chi connectivity index (χ2v) is 8.17. The van der Waals surface area contributed by atoms with Gasteiger partial charge in [-0.2, -0.15) is 0 Å². The van der Waals surface area contributed by atoms with Gasteiger partial charge in [0.15, 0.2) is 5.78 Å². The number of ketones is 1. The Labute approximate surface area is 162 Å². The van der Waals surface area contributed by atoms with E-state index < -0.39 is 0 Å². The van der Waals surface area contributed by atoms with Crippen LogP contribution in [-0.2, 0) is 0 Å². The molecule has 0 bridgehead atoms. The third kappa shape index (κ3) is 3.02. The molecule has 1 aliphatic rings. The van der Waals surface area contributed by atoms with Crippen LogP contribution in [0.2, 0.25) is 0 Å². The molecule has 0 heterocycles. The van der Waals surface area contributed by atoms with Gasteiger partial charge in [0.1, 0.15) is 0 Å². The summed E-state index contributed by atoms with van der Waals surface area (Å²) in [4.78, 5) is 13.7. The fraction of sp³-hybridized carbons (Fsp3) is 0.269. The molecule has 1 aliphatic carbocycles. The predicted octanol–water partition coefficient (Wildman–Crippen LogP) is 6.93. The Morgan fingerprint density at radius 3 is 1.59 bits per heavy atom. The van der Waals surface area contributed by atoms with E-state index in [-0.39, 0.29) is 11.7 Å². The van der Waals surface area contributed by atoms with Crippen molar-refractivity contribution in [2.24, 2.45) is 0 Å². The molecule has 3 aromatic carbocycles. The average molecular weight is 354 g/mol. The maximum Gasteiger partial charge on any atom is 0.174 e. The molecule has 0 spiro atoms. The van der Waals surface area contributed by atoms with E-state index in [9.17, 15) is 4.79 Å². The van der Waals surface area contributed by atoms with Crippen molar-refractivity contribution in [3.8, 4) is 11.1 Å². The molecule has 0 saturated carbocycles. The molecule has 0 saturated heterocycles. The molecule has 1 heteroatoms. The molecule has 0 aliphatic heterocycles. The number of rotatable bonds is 4. The van der Waals surface area contributed by atoms with Crippen molar-refractivity contribution >= 4 is 5.78 Å². The smallest absolute Gasteiger partial charge is 0.174 e. The Morgan fingerprint density at radius 1 is 0.704 bits per heavy atom. The monoisotopic (exact) mass is 354 g/mol. The Hall–Kier alpha value is -2.67. The standard InChI is InChI=1S/C26H26O/c1-16(2)18-13-19(17(3)4)15-20(14-18)26(27)25-23-11-7-5-9-21(23)22-10-6-8-12-24(22)25/h5-17,25H,1-4H3. The molecule has 136 valence electrons. The lowest BCUT2D eigenvalue weighted by Crippen LogP contribution is -2.13. The largest absolute Gasteiger partial charge is 0.293 e. The normalized spacial score (nSPS) is 13.1. The SMILES string of the molecule is CC(C)c1cc(C(=O)C2c3ccccc3-c3ccccc32)cc(C(C)C)c1. The highest BCUT2D eigenvalue weighted by molar-refractivity contribution is 6.07. The summed E-state index contributed by atoms with van der Waals surface area (Å²) in [5.74, 6) is 0.799. The van der Waals surface area contributed by atoms with E-state index in [4.69, 9.17) is 0 Å². The van der Waals surface area contributed by atoms with Crippen molar-refractivity contribution in [2.75, 3.05) is 0 Å². The Bertz CT molecular complexity index is 938. The molecule has 3 aromatic rings.